The number of hydrogen-bond acceptors (Lipinski definition) is 9. The van der Waals surface area contributed by atoms with Gasteiger partial charge in [-0.15, -0.1) is 11.3 Å². The number of rotatable bonds is 6. The number of amides is 2. The summed E-state index contributed by atoms with van der Waals surface area (Å²) in [5.74, 6) is 0.561. The molecule has 2 aliphatic heterocycles. The molecule has 2 aromatic rings. The zero-order valence-electron chi connectivity index (χ0n) is 18.2. The van der Waals surface area contributed by atoms with Gasteiger partial charge in [0, 0.05) is 31.4 Å². The number of anilines is 2. The molecular formula is C21H25ClN4O5S2. The predicted molar refractivity (Wildman–Crippen MR) is 132 cm³/mol. The second-order valence-corrected chi connectivity index (χ2v) is 9.69. The van der Waals surface area contributed by atoms with E-state index in [1.54, 1.807) is 41.1 Å². The number of nitrogens with zero attached hydrogens (tertiary/aromatic N) is 3. The molecule has 2 amide bonds. The molecule has 178 valence electrons. The Kier molecular flexibility index (Phi) is 8.98. The van der Waals surface area contributed by atoms with Crippen LogP contribution in [0.25, 0.3) is 0 Å². The molecule has 1 aromatic carbocycles. The normalized spacial score (nSPS) is 18.6. The van der Waals surface area contributed by atoms with Crippen molar-refractivity contribution in [1.29, 1.82) is 0 Å². The van der Waals surface area contributed by atoms with E-state index in [0.717, 1.165) is 18.5 Å². The van der Waals surface area contributed by atoms with Crippen molar-refractivity contribution in [3.63, 3.8) is 0 Å². The SMILES string of the molecule is COc1cc(N2CCN(SC)CC2=O)ccc1N1C[C@H](CN)OC1=O.O=Cc1ccc(Cl)s1. The Balaban J connectivity index is 0.000000323. The van der Waals surface area contributed by atoms with Crippen LogP contribution in [0.15, 0.2) is 30.3 Å². The van der Waals surface area contributed by atoms with E-state index in [9.17, 15) is 14.4 Å². The summed E-state index contributed by atoms with van der Waals surface area (Å²) in [6, 6.07) is 8.79. The van der Waals surface area contributed by atoms with Gasteiger partial charge in [0.2, 0.25) is 5.91 Å². The van der Waals surface area contributed by atoms with Crippen LogP contribution in [0.4, 0.5) is 16.2 Å². The van der Waals surface area contributed by atoms with Gasteiger partial charge in [-0.05, 0) is 30.5 Å². The molecule has 0 aliphatic carbocycles. The van der Waals surface area contributed by atoms with Crippen LogP contribution in [0.2, 0.25) is 4.34 Å². The van der Waals surface area contributed by atoms with Gasteiger partial charge in [0.05, 0.1) is 35.1 Å². The van der Waals surface area contributed by atoms with E-state index >= 15 is 0 Å². The van der Waals surface area contributed by atoms with E-state index in [0.29, 0.717) is 40.3 Å². The molecule has 1 aromatic heterocycles. The Morgan fingerprint density at radius 2 is 2.06 bits per heavy atom. The van der Waals surface area contributed by atoms with Gasteiger partial charge in [-0.1, -0.05) is 23.5 Å². The lowest BCUT2D eigenvalue weighted by atomic mass is 10.2. The Hall–Kier alpha value is -2.31. The van der Waals surface area contributed by atoms with Crippen molar-refractivity contribution in [2.45, 2.75) is 6.10 Å². The molecule has 33 heavy (non-hydrogen) atoms. The fraction of sp³-hybridized carbons (Fsp3) is 0.381. The van der Waals surface area contributed by atoms with E-state index in [4.69, 9.17) is 26.8 Å². The molecule has 1 atom stereocenters. The van der Waals surface area contributed by atoms with E-state index < -0.39 is 6.09 Å². The number of cyclic esters (lactones) is 1. The van der Waals surface area contributed by atoms with Crippen molar-refractivity contribution in [2.24, 2.45) is 5.73 Å². The summed E-state index contributed by atoms with van der Waals surface area (Å²) in [6.45, 7) is 2.45. The standard InChI is InChI=1S/C16H22N4O4S.C5H3ClOS/c1-23-14-7-11(19-6-5-18(25-2)10-15(19)21)3-4-13(14)20-9-12(8-17)24-16(20)22;6-5-2-1-4(3-7)8-5/h3-4,7,12H,5-6,8-10,17H2,1-2H3;1-3H/t12-;/m0./s1. The van der Waals surface area contributed by atoms with Gasteiger partial charge >= 0.3 is 6.09 Å². The molecule has 0 radical (unpaired) electrons. The number of thiophene rings is 1. The second kappa shape index (κ2) is 11.7. The first-order valence-corrected chi connectivity index (χ1v) is 12.4. The predicted octanol–water partition coefficient (Wildman–Crippen LogP) is 3.12. The van der Waals surface area contributed by atoms with Gasteiger partial charge < -0.3 is 20.1 Å². The Morgan fingerprint density at radius 3 is 2.58 bits per heavy atom. The molecule has 2 N–H and O–H groups in total. The van der Waals surface area contributed by atoms with Crippen LogP contribution >= 0.6 is 34.9 Å². The summed E-state index contributed by atoms with van der Waals surface area (Å²) in [6.07, 6.45) is 1.99. The maximum Gasteiger partial charge on any atom is 0.414 e. The van der Waals surface area contributed by atoms with Crippen molar-refractivity contribution >= 4 is 64.5 Å². The smallest absolute Gasteiger partial charge is 0.414 e. The average molecular weight is 513 g/mol. The third kappa shape index (κ3) is 6.18. The maximum absolute atomic E-state index is 12.4. The highest BCUT2D eigenvalue weighted by Crippen LogP contribution is 2.35. The van der Waals surface area contributed by atoms with Gasteiger partial charge in [-0.2, -0.15) is 0 Å². The molecule has 2 aliphatic rings. The van der Waals surface area contributed by atoms with Gasteiger partial charge in [0.25, 0.3) is 0 Å². The van der Waals surface area contributed by atoms with Crippen molar-refractivity contribution in [2.75, 3.05) is 55.9 Å². The largest absolute Gasteiger partial charge is 0.494 e. The summed E-state index contributed by atoms with van der Waals surface area (Å²) >= 11 is 8.35. The van der Waals surface area contributed by atoms with Crippen LogP contribution in [0.3, 0.4) is 0 Å². The fourth-order valence-corrected chi connectivity index (χ4v) is 4.75. The topological polar surface area (TPSA) is 105 Å². The Morgan fingerprint density at radius 1 is 1.27 bits per heavy atom. The molecule has 2 fully saturated rings. The van der Waals surface area contributed by atoms with Crippen LogP contribution in [0.1, 0.15) is 9.67 Å². The number of hydrogen-bond donors (Lipinski definition) is 1. The molecule has 9 nitrogen and oxygen atoms in total. The lowest BCUT2D eigenvalue weighted by Gasteiger charge is -2.33. The molecule has 12 heteroatoms. The first kappa shape index (κ1) is 25.3. The minimum atomic E-state index is -0.439. The minimum Gasteiger partial charge on any atom is -0.494 e. The molecule has 0 bridgehead atoms. The van der Waals surface area contributed by atoms with Crippen LogP contribution in [-0.2, 0) is 9.53 Å². The van der Waals surface area contributed by atoms with Gasteiger partial charge in [0.1, 0.15) is 11.9 Å². The highest BCUT2D eigenvalue weighted by molar-refractivity contribution is 7.96. The molecule has 0 unspecified atom stereocenters. The van der Waals surface area contributed by atoms with Crippen LogP contribution in [-0.4, -0.2) is 74.8 Å². The maximum atomic E-state index is 12.4. The number of aldehydes is 1. The van der Waals surface area contributed by atoms with Crippen molar-refractivity contribution < 1.29 is 23.9 Å². The summed E-state index contributed by atoms with van der Waals surface area (Å²) < 4.78 is 13.3. The Bertz CT molecular complexity index is 1000. The summed E-state index contributed by atoms with van der Waals surface area (Å²) in [4.78, 5) is 38.3. The highest BCUT2D eigenvalue weighted by Gasteiger charge is 2.33. The summed E-state index contributed by atoms with van der Waals surface area (Å²) in [7, 11) is 1.54. The van der Waals surface area contributed by atoms with Crippen LogP contribution in [0.5, 0.6) is 5.75 Å². The molecule has 0 saturated carbocycles. The third-order valence-electron chi connectivity index (χ3n) is 5.06. The zero-order chi connectivity index (χ0) is 24.0. The molecule has 4 rings (SSSR count). The lowest BCUT2D eigenvalue weighted by Crippen LogP contribution is -2.47. The number of nitrogens with two attached hydrogens (primary N) is 1. The zero-order valence-corrected chi connectivity index (χ0v) is 20.6. The van der Waals surface area contributed by atoms with E-state index in [2.05, 4.69) is 0 Å². The number of piperazine rings is 1. The lowest BCUT2D eigenvalue weighted by molar-refractivity contribution is -0.119. The molecule has 3 heterocycles. The quantitative estimate of drug-likeness (QED) is 0.465. The van der Waals surface area contributed by atoms with Gasteiger partial charge in [-0.3, -0.25) is 14.5 Å². The monoisotopic (exact) mass is 512 g/mol. The third-order valence-corrected chi connectivity index (χ3v) is 7.04. The number of carbonyl (C=O) groups is 3. The Labute approximate surface area is 205 Å². The molecule has 0 spiro atoms. The molecule has 2 saturated heterocycles. The van der Waals surface area contributed by atoms with Crippen molar-refractivity contribution in [3.8, 4) is 5.75 Å². The fourth-order valence-electron chi connectivity index (χ4n) is 3.37. The minimum absolute atomic E-state index is 0.0409. The van der Waals surface area contributed by atoms with E-state index in [-0.39, 0.29) is 18.6 Å². The average Bonchev–Trinajstić information content (AvgIpc) is 3.43. The van der Waals surface area contributed by atoms with E-state index in [1.807, 2.05) is 16.6 Å². The highest BCUT2D eigenvalue weighted by atomic mass is 35.5. The number of halogens is 1. The number of carbonyl (C=O) groups excluding carboxylic acids is 3. The first-order chi connectivity index (χ1) is 15.9. The number of methoxy groups -OCH3 is 1. The van der Waals surface area contributed by atoms with E-state index in [1.165, 1.54) is 23.3 Å². The van der Waals surface area contributed by atoms with Gasteiger partial charge in [0.15, 0.2) is 6.29 Å². The summed E-state index contributed by atoms with van der Waals surface area (Å²) in [5, 5.41) is 0. The number of ether oxygens (including phenoxy) is 2. The van der Waals surface area contributed by atoms with Crippen molar-refractivity contribution in [1.82, 2.24) is 4.31 Å². The van der Waals surface area contributed by atoms with Crippen LogP contribution in [0, 0.1) is 0 Å². The van der Waals surface area contributed by atoms with Crippen molar-refractivity contribution in [3.05, 3.63) is 39.5 Å². The first-order valence-electron chi connectivity index (χ1n) is 10.1. The van der Waals surface area contributed by atoms with Crippen LogP contribution < -0.4 is 20.3 Å². The summed E-state index contributed by atoms with van der Waals surface area (Å²) in [5.41, 5.74) is 6.95. The second-order valence-electron chi connectivity index (χ2n) is 7.06. The molecular weight excluding hydrogens is 488 g/mol. The van der Waals surface area contributed by atoms with Gasteiger partial charge in [-0.25, -0.2) is 9.10 Å². The number of benzene rings is 1.